The van der Waals surface area contributed by atoms with E-state index >= 15 is 0 Å². The second kappa shape index (κ2) is 16.5. The number of Topliss-reactive ketones (excluding diaryl/α,β-unsaturated/α-hetero) is 1. The lowest BCUT2D eigenvalue weighted by Crippen LogP contribution is -2.10. The number of halogens is 1. The third kappa shape index (κ3) is 9.04. The summed E-state index contributed by atoms with van der Waals surface area (Å²) in [6, 6.07) is 33.3. The van der Waals surface area contributed by atoms with Gasteiger partial charge >= 0.3 is 0 Å². The van der Waals surface area contributed by atoms with Crippen LogP contribution in [0.2, 0.25) is 5.02 Å². The van der Waals surface area contributed by atoms with Crippen molar-refractivity contribution in [2.24, 2.45) is 5.73 Å². The molecular formula is C38H45ClN2O. The van der Waals surface area contributed by atoms with Gasteiger partial charge in [0.1, 0.15) is 0 Å². The van der Waals surface area contributed by atoms with Crippen molar-refractivity contribution in [1.82, 2.24) is 4.98 Å². The number of aromatic nitrogens is 1. The number of aryl methyl sites for hydroxylation is 1. The highest BCUT2D eigenvalue weighted by Crippen LogP contribution is 2.36. The summed E-state index contributed by atoms with van der Waals surface area (Å²) in [5.74, 6) is 0.0473. The fourth-order valence-electron chi connectivity index (χ4n) is 4.68. The van der Waals surface area contributed by atoms with Crippen LogP contribution in [0, 0.1) is 0 Å². The van der Waals surface area contributed by atoms with Crippen molar-refractivity contribution in [2.45, 2.75) is 52.9 Å². The molecule has 0 atom stereocenters. The second-order valence-electron chi connectivity index (χ2n) is 10.8. The number of nitrogens with one attached hydrogen (secondary N) is 1. The summed E-state index contributed by atoms with van der Waals surface area (Å²) in [4.78, 5) is 15.6. The van der Waals surface area contributed by atoms with Crippen LogP contribution in [-0.4, -0.2) is 17.8 Å². The fraction of sp³-hybridized carbons (Fsp3) is 0.237. The molecule has 220 valence electrons. The summed E-state index contributed by atoms with van der Waals surface area (Å²) in [6.45, 7) is 16.5. The Labute approximate surface area is 257 Å². The maximum absolute atomic E-state index is 12.3. The molecule has 1 aromatic heterocycles. The van der Waals surface area contributed by atoms with E-state index in [1.165, 1.54) is 30.2 Å². The average molecular weight is 581 g/mol. The molecule has 0 bridgehead atoms. The normalized spacial score (nSPS) is 10.4. The molecule has 4 heteroatoms. The Morgan fingerprint density at radius 3 is 1.98 bits per heavy atom. The van der Waals surface area contributed by atoms with Crippen LogP contribution in [0.3, 0.4) is 0 Å². The first kappa shape index (κ1) is 34.3. The number of fused-ring (bicyclic) bond motifs is 1. The summed E-state index contributed by atoms with van der Waals surface area (Å²) >= 11 is 5.78. The van der Waals surface area contributed by atoms with Crippen LogP contribution in [-0.2, 0) is 11.8 Å². The number of rotatable bonds is 5. The molecule has 0 spiro atoms. The van der Waals surface area contributed by atoms with Gasteiger partial charge in [-0.15, -0.1) is 13.2 Å². The third-order valence-electron chi connectivity index (χ3n) is 6.73. The van der Waals surface area contributed by atoms with E-state index in [1.807, 2.05) is 36.4 Å². The van der Waals surface area contributed by atoms with Gasteiger partial charge in [0.05, 0.1) is 5.69 Å². The van der Waals surface area contributed by atoms with E-state index in [-0.39, 0.29) is 11.2 Å². The summed E-state index contributed by atoms with van der Waals surface area (Å²) < 4.78 is 0. The summed E-state index contributed by atoms with van der Waals surface area (Å²) in [5, 5.41) is 1.92. The molecular weight excluding hydrogens is 536 g/mol. The predicted octanol–water partition coefficient (Wildman–Crippen LogP) is 10.7. The van der Waals surface area contributed by atoms with Gasteiger partial charge in [0.2, 0.25) is 0 Å². The second-order valence-corrected chi connectivity index (χ2v) is 11.2. The van der Waals surface area contributed by atoms with Gasteiger partial charge in [0, 0.05) is 28.4 Å². The number of carbonyl (C=O) groups is 1. The lowest BCUT2D eigenvalue weighted by Gasteiger charge is -2.19. The molecule has 3 nitrogen and oxygen atoms in total. The van der Waals surface area contributed by atoms with Crippen molar-refractivity contribution in [3.05, 3.63) is 132 Å². The SMILES string of the molecule is C=C.CC(=O)c1[nH]c2ccc(-c3ccc(C(C)(C)C)cc3)cc2c1-c1ccccc1.CCCc1cccc(Cl)c1.CN. The molecule has 3 N–H and O–H groups in total. The van der Waals surface area contributed by atoms with Crippen molar-refractivity contribution >= 4 is 28.3 Å². The van der Waals surface area contributed by atoms with E-state index in [4.69, 9.17) is 11.6 Å². The lowest BCUT2D eigenvalue weighted by atomic mass is 9.86. The zero-order valence-electron chi connectivity index (χ0n) is 25.9. The molecule has 0 saturated carbocycles. The molecule has 0 aliphatic rings. The summed E-state index contributed by atoms with van der Waals surface area (Å²) in [6.07, 6.45) is 2.31. The van der Waals surface area contributed by atoms with Crippen molar-refractivity contribution < 1.29 is 4.79 Å². The number of hydrogen-bond donors (Lipinski definition) is 2. The number of H-pyrrole nitrogens is 1. The van der Waals surface area contributed by atoms with Gasteiger partial charge in [-0.1, -0.05) is 119 Å². The van der Waals surface area contributed by atoms with Crippen molar-refractivity contribution in [2.75, 3.05) is 7.05 Å². The highest BCUT2D eigenvalue weighted by Gasteiger charge is 2.17. The first-order valence-electron chi connectivity index (χ1n) is 14.3. The molecule has 5 rings (SSSR count). The molecule has 42 heavy (non-hydrogen) atoms. The maximum atomic E-state index is 12.3. The molecule has 0 unspecified atom stereocenters. The topological polar surface area (TPSA) is 58.9 Å². The van der Waals surface area contributed by atoms with Crippen LogP contribution in [0.4, 0.5) is 0 Å². The summed E-state index contributed by atoms with van der Waals surface area (Å²) in [5.41, 5.74) is 13.3. The predicted molar refractivity (Wildman–Crippen MR) is 185 cm³/mol. The first-order chi connectivity index (χ1) is 20.2. The largest absolute Gasteiger partial charge is 0.352 e. The third-order valence-corrected chi connectivity index (χ3v) is 6.96. The van der Waals surface area contributed by atoms with Crippen molar-refractivity contribution in [3.63, 3.8) is 0 Å². The number of nitrogens with two attached hydrogens (primary N) is 1. The maximum Gasteiger partial charge on any atom is 0.176 e. The number of benzene rings is 4. The molecule has 0 amide bonds. The molecule has 0 aliphatic heterocycles. The minimum atomic E-state index is 0.0473. The molecule has 0 saturated heterocycles. The van der Waals surface area contributed by atoms with Crippen LogP contribution in [0.25, 0.3) is 33.2 Å². The monoisotopic (exact) mass is 580 g/mol. The zero-order valence-corrected chi connectivity index (χ0v) is 26.7. The van der Waals surface area contributed by atoms with Gasteiger partial charge in [-0.3, -0.25) is 4.79 Å². The smallest absolute Gasteiger partial charge is 0.176 e. The van der Waals surface area contributed by atoms with Crippen LogP contribution < -0.4 is 5.73 Å². The fourth-order valence-corrected chi connectivity index (χ4v) is 4.90. The van der Waals surface area contributed by atoms with Crippen LogP contribution in [0.1, 0.15) is 62.7 Å². The molecule has 4 aromatic carbocycles. The Bertz CT molecular complexity index is 1540. The van der Waals surface area contributed by atoms with Gasteiger partial charge in [-0.2, -0.15) is 0 Å². The van der Waals surface area contributed by atoms with Gasteiger partial charge in [0.25, 0.3) is 0 Å². The molecule has 0 fully saturated rings. The van der Waals surface area contributed by atoms with E-state index < -0.39 is 0 Å². The molecule has 1 heterocycles. The van der Waals surface area contributed by atoms with Gasteiger partial charge < -0.3 is 10.7 Å². The quantitative estimate of drug-likeness (QED) is 0.160. The molecule has 0 aliphatic carbocycles. The van der Waals surface area contributed by atoms with E-state index in [2.05, 4.69) is 112 Å². The highest BCUT2D eigenvalue weighted by atomic mass is 35.5. The van der Waals surface area contributed by atoms with Crippen LogP contribution >= 0.6 is 11.6 Å². The Morgan fingerprint density at radius 2 is 1.43 bits per heavy atom. The number of aromatic amines is 1. The number of hydrogen-bond acceptors (Lipinski definition) is 2. The van der Waals surface area contributed by atoms with E-state index in [1.54, 1.807) is 6.92 Å². The zero-order chi connectivity index (χ0) is 31.3. The van der Waals surface area contributed by atoms with Gasteiger partial charge in [-0.25, -0.2) is 0 Å². The highest BCUT2D eigenvalue weighted by molar-refractivity contribution is 6.30. The molecule has 5 aromatic rings. The minimum Gasteiger partial charge on any atom is -0.352 e. The van der Waals surface area contributed by atoms with Gasteiger partial charge in [0.15, 0.2) is 5.78 Å². The Balaban J connectivity index is 0.000000369. The summed E-state index contributed by atoms with van der Waals surface area (Å²) in [7, 11) is 1.50. The average Bonchev–Trinajstić information content (AvgIpc) is 3.39. The standard InChI is InChI=1S/C26H25NO.C9H11Cl.C2H4.CH5N/c1-17(28)25-24(19-8-6-5-7-9-19)22-16-20(12-15-23(22)27-25)18-10-13-21(14-11-18)26(2,3)4;1-2-4-8-5-3-6-9(10)7-8;2*1-2/h5-16,27H,1-4H3;3,5-7H,2,4H2,1H3;1-2H2;2H2,1H3. The van der Waals surface area contributed by atoms with Crippen LogP contribution in [0.15, 0.2) is 110 Å². The lowest BCUT2D eigenvalue weighted by molar-refractivity contribution is 0.101. The van der Waals surface area contributed by atoms with Crippen molar-refractivity contribution in [3.8, 4) is 22.3 Å². The number of carbonyl (C=O) groups excluding carboxylic acids is 1. The van der Waals surface area contributed by atoms with E-state index in [9.17, 15) is 4.79 Å². The molecule has 0 radical (unpaired) electrons. The minimum absolute atomic E-state index is 0.0473. The van der Waals surface area contributed by atoms with E-state index in [0.29, 0.717) is 5.69 Å². The van der Waals surface area contributed by atoms with Gasteiger partial charge in [-0.05, 0) is 71.0 Å². The number of ketones is 1. The Kier molecular flexibility index (Phi) is 13.5. The van der Waals surface area contributed by atoms with E-state index in [0.717, 1.165) is 39.0 Å². The Hall–Kier alpha value is -3.92. The Morgan fingerprint density at radius 1 is 0.810 bits per heavy atom. The van der Waals surface area contributed by atoms with Crippen molar-refractivity contribution in [1.29, 1.82) is 0 Å². The van der Waals surface area contributed by atoms with Crippen LogP contribution in [0.5, 0.6) is 0 Å². The first-order valence-corrected chi connectivity index (χ1v) is 14.7.